The van der Waals surface area contributed by atoms with Crippen LogP contribution in [0.3, 0.4) is 0 Å². The fourth-order valence-electron chi connectivity index (χ4n) is 4.32. The van der Waals surface area contributed by atoms with Crippen LogP contribution in [0.4, 0.5) is 0 Å². The van der Waals surface area contributed by atoms with E-state index in [-0.39, 0.29) is 36.3 Å². The van der Waals surface area contributed by atoms with Crippen molar-refractivity contribution in [3.63, 3.8) is 0 Å². The number of esters is 4. The largest absolute Gasteiger partial charge is 1.00 e. The van der Waals surface area contributed by atoms with Crippen molar-refractivity contribution in [2.75, 3.05) is 52.4 Å². The minimum Gasteiger partial charge on any atom is -1.00 e. The predicted molar refractivity (Wildman–Crippen MR) is 202 cm³/mol. The summed E-state index contributed by atoms with van der Waals surface area (Å²) in [4.78, 5) is 43.5. The molecule has 0 aromatic heterocycles. The number of quaternary nitrogens is 1. The highest BCUT2D eigenvalue weighted by Gasteiger charge is 2.00. The van der Waals surface area contributed by atoms with E-state index in [1.807, 2.05) is 26.0 Å². The van der Waals surface area contributed by atoms with Gasteiger partial charge in [-0.25, -0.2) is 9.59 Å². The van der Waals surface area contributed by atoms with E-state index in [1.165, 1.54) is 90.6 Å². The highest BCUT2D eigenvalue weighted by molar-refractivity contribution is 9.09. The van der Waals surface area contributed by atoms with Crippen LogP contribution in [0, 0.1) is 0 Å². The zero-order valence-corrected chi connectivity index (χ0v) is 34.3. The molecule has 4 N–H and O–H groups in total. The zero-order chi connectivity index (χ0) is 37.1. The summed E-state index contributed by atoms with van der Waals surface area (Å²) in [6.45, 7) is 7.65. The van der Waals surface area contributed by atoms with Gasteiger partial charge >= 0.3 is 23.9 Å². The number of hydrogen-bond donors (Lipinski definition) is 2. The molecule has 0 bridgehead atoms. The minimum atomic E-state index is -0.246. The molecule has 0 fully saturated rings. The third-order valence-electron chi connectivity index (χ3n) is 7.13. The van der Waals surface area contributed by atoms with E-state index in [1.54, 1.807) is 0 Å². The summed E-state index contributed by atoms with van der Waals surface area (Å²) in [5.74, 6) is -0.673. The van der Waals surface area contributed by atoms with Crippen molar-refractivity contribution in [3.8, 4) is 0 Å². The van der Waals surface area contributed by atoms with Gasteiger partial charge in [0, 0.05) is 30.3 Å². The Labute approximate surface area is 319 Å². The number of halogens is 2. The highest BCUT2D eigenvalue weighted by atomic mass is 79.9. The van der Waals surface area contributed by atoms with Gasteiger partial charge in [-0.1, -0.05) is 73.0 Å². The number of carbonyl (C=O) groups excluding carboxylic acids is 4. The third kappa shape index (κ3) is 52.9. The molecular weight excluding hydrogens is 728 g/mol. The second-order valence-electron chi connectivity index (χ2n) is 11.5. The zero-order valence-electron chi connectivity index (χ0n) is 31.9. The molecule has 0 aliphatic carbocycles. The number of carbonyl (C=O) groups is 4. The van der Waals surface area contributed by atoms with Crippen LogP contribution in [0.2, 0.25) is 0 Å². The van der Waals surface area contributed by atoms with Gasteiger partial charge in [0.25, 0.3) is 0 Å². The molecule has 50 heavy (non-hydrogen) atoms. The predicted octanol–water partition coefficient (Wildman–Crippen LogP) is 4.58. The Kier molecular flexibility index (Phi) is 53.9. The summed E-state index contributed by atoms with van der Waals surface area (Å²) in [6.07, 6.45) is 28.2. The van der Waals surface area contributed by atoms with Crippen molar-refractivity contribution in [1.82, 2.24) is 5.32 Å². The number of unbranched alkanes of at least 4 members (excludes halogenated alkanes) is 14. The number of ether oxygens (including phenoxy) is 4. The van der Waals surface area contributed by atoms with E-state index >= 15 is 0 Å². The van der Waals surface area contributed by atoms with Gasteiger partial charge < -0.3 is 42.4 Å². The molecule has 12 heteroatoms. The fourth-order valence-corrected chi connectivity index (χ4v) is 4.71. The van der Waals surface area contributed by atoms with E-state index in [0.717, 1.165) is 76.3 Å². The number of allylic oxidation sites excluding steroid dienone is 2. The maximum absolute atomic E-state index is 11.1. The first-order chi connectivity index (χ1) is 23.8. The van der Waals surface area contributed by atoms with Crippen LogP contribution in [-0.4, -0.2) is 76.3 Å². The molecule has 0 radical (unpaired) electrons. The molecule has 0 unspecified atom stereocenters. The van der Waals surface area contributed by atoms with Gasteiger partial charge in [-0.3, -0.25) is 9.59 Å². The summed E-state index contributed by atoms with van der Waals surface area (Å²) >= 11 is 3.37. The maximum atomic E-state index is 11.1. The smallest absolute Gasteiger partial charge is 0.330 e. The average Bonchev–Trinajstić information content (AvgIpc) is 3.10. The summed E-state index contributed by atoms with van der Waals surface area (Å²) < 4.78 is 18.7. The summed E-state index contributed by atoms with van der Waals surface area (Å²) in [6, 6.07) is 0. The number of methoxy groups -OCH3 is 2. The number of nitrogens with one attached hydrogen (secondary N) is 1. The third-order valence-corrected chi connectivity index (χ3v) is 7.69. The lowest BCUT2D eigenvalue weighted by atomic mass is 10.1. The quantitative estimate of drug-likeness (QED) is 0.0351. The maximum Gasteiger partial charge on any atom is 0.330 e. The standard InChI is InChI=1S/C19H35NO4.C10H17BrO2.C9H19NO2.ClH/c1-3-24-19(22)15-11-7-5-9-13-17-20-16-12-8-4-6-10-14-18(21)23-2;1-2-13-10(12)8-6-4-3-5-7-9-11;1-12-9(11)7-5-3-2-4-6-8-10;/h11,15,20H,3-10,12-14,16-17H2,1-2H3;6,8H,2-5,7,9H2,1H3;2-8,10H2,1H3;1H/b15-11+;8-6+;;. The van der Waals surface area contributed by atoms with E-state index in [9.17, 15) is 19.2 Å². The average molecular weight is 800 g/mol. The normalized spacial score (nSPS) is 10.4. The number of alkyl halides is 1. The van der Waals surface area contributed by atoms with Crippen LogP contribution in [0.5, 0.6) is 0 Å². The van der Waals surface area contributed by atoms with Crippen LogP contribution in [-0.2, 0) is 38.1 Å². The lowest BCUT2D eigenvalue weighted by molar-refractivity contribution is -0.368. The Bertz CT molecular complexity index is 816. The van der Waals surface area contributed by atoms with Gasteiger partial charge in [-0.15, -0.1) is 0 Å². The Balaban J connectivity index is -0.000000345. The first-order valence-electron chi connectivity index (χ1n) is 18.7. The SMILES string of the molecule is CCOC(=O)/C=C/CCCCCBr.CCOC(=O)/C=C/CCCCCNCCCCCCCC(=O)OC.COC(=O)CCCCCCC[NH3+].[Cl-]. The molecule has 296 valence electrons. The molecule has 0 aromatic carbocycles. The topological polar surface area (TPSA) is 145 Å². The lowest BCUT2D eigenvalue weighted by Gasteiger charge is -2.04. The molecule has 0 saturated carbocycles. The molecule has 0 saturated heterocycles. The first kappa shape index (κ1) is 54.8. The summed E-state index contributed by atoms with van der Waals surface area (Å²) in [5, 5.41) is 4.53. The molecule has 0 heterocycles. The highest BCUT2D eigenvalue weighted by Crippen LogP contribution is 2.07. The van der Waals surface area contributed by atoms with Crippen molar-refractivity contribution in [2.45, 2.75) is 142 Å². The van der Waals surface area contributed by atoms with Crippen molar-refractivity contribution in [2.24, 2.45) is 0 Å². The molecule has 0 atom stereocenters. The first-order valence-corrected chi connectivity index (χ1v) is 19.8. The second kappa shape index (κ2) is 49.2. The molecule has 0 aliphatic heterocycles. The van der Waals surface area contributed by atoms with E-state index in [0.29, 0.717) is 26.1 Å². The van der Waals surface area contributed by atoms with Crippen LogP contribution < -0.4 is 23.5 Å². The molecular formula is C38H72BrClN2O8. The van der Waals surface area contributed by atoms with Crippen LogP contribution >= 0.6 is 15.9 Å². The van der Waals surface area contributed by atoms with Crippen LogP contribution in [0.1, 0.15) is 142 Å². The van der Waals surface area contributed by atoms with Crippen molar-refractivity contribution in [3.05, 3.63) is 24.3 Å². The van der Waals surface area contributed by atoms with Gasteiger partial charge in [0.1, 0.15) is 0 Å². The van der Waals surface area contributed by atoms with Gasteiger partial charge in [-0.2, -0.15) is 0 Å². The minimum absolute atomic E-state index is 0. The molecule has 10 nitrogen and oxygen atoms in total. The fraction of sp³-hybridized carbons (Fsp3) is 0.789. The van der Waals surface area contributed by atoms with Crippen molar-refractivity contribution in [1.29, 1.82) is 0 Å². The second-order valence-corrected chi connectivity index (χ2v) is 12.3. The monoisotopic (exact) mass is 798 g/mol. The number of rotatable bonds is 30. The van der Waals surface area contributed by atoms with Crippen LogP contribution in [0.15, 0.2) is 24.3 Å². The molecule has 0 amide bonds. The Morgan fingerprint density at radius 1 is 0.580 bits per heavy atom. The number of hydrogen-bond acceptors (Lipinski definition) is 9. The Morgan fingerprint density at radius 2 is 0.960 bits per heavy atom. The molecule has 0 rings (SSSR count). The van der Waals surface area contributed by atoms with E-state index in [2.05, 4.69) is 36.5 Å². The molecule has 0 aliphatic rings. The van der Waals surface area contributed by atoms with Crippen molar-refractivity contribution < 1.29 is 56.3 Å². The van der Waals surface area contributed by atoms with Gasteiger partial charge in [-0.05, 0) is 97.6 Å². The summed E-state index contributed by atoms with van der Waals surface area (Å²) in [7, 11) is 2.87. The van der Waals surface area contributed by atoms with Crippen LogP contribution in [0.25, 0.3) is 0 Å². The van der Waals surface area contributed by atoms with E-state index in [4.69, 9.17) is 9.47 Å². The summed E-state index contributed by atoms with van der Waals surface area (Å²) in [5.41, 5.74) is 3.77. The van der Waals surface area contributed by atoms with Gasteiger partial charge in [0.15, 0.2) is 0 Å². The van der Waals surface area contributed by atoms with Gasteiger partial charge in [0.2, 0.25) is 0 Å². The lowest BCUT2D eigenvalue weighted by Crippen LogP contribution is -3.00. The molecule has 0 spiro atoms. The van der Waals surface area contributed by atoms with Gasteiger partial charge in [0.05, 0.1) is 34.0 Å². The Morgan fingerprint density at radius 3 is 1.36 bits per heavy atom. The van der Waals surface area contributed by atoms with E-state index < -0.39 is 0 Å². The van der Waals surface area contributed by atoms with Crippen molar-refractivity contribution >= 4 is 39.8 Å². The molecule has 0 aromatic rings. The Hall–Kier alpha value is -1.95.